The maximum Gasteiger partial charge on any atom is 0.146 e. The van der Waals surface area contributed by atoms with Gasteiger partial charge < -0.3 is 10.1 Å². The minimum absolute atomic E-state index is 0.141. The van der Waals surface area contributed by atoms with Crippen molar-refractivity contribution in [3.05, 3.63) is 58.6 Å². The van der Waals surface area contributed by atoms with Crippen molar-refractivity contribution >= 4 is 11.6 Å². The fourth-order valence-corrected chi connectivity index (χ4v) is 1.94. The highest BCUT2D eigenvalue weighted by molar-refractivity contribution is 6.32. The second-order valence-corrected chi connectivity index (χ2v) is 4.66. The normalized spacial score (nSPS) is 10.6. The van der Waals surface area contributed by atoms with Crippen molar-refractivity contribution in [1.82, 2.24) is 5.32 Å². The third-order valence-corrected chi connectivity index (χ3v) is 2.93. The SMILES string of the molecule is CCNCc1cc(F)cc(Oc2ccc(F)cc2Cl)c1. The van der Waals surface area contributed by atoms with Gasteiger partial charge in [-0.25, -0.2) is 8.78 Å². The molecule has 0 aliphatic carbocycles. The largest absolute Gasteiger partial charge is 0.456 e. The zero-order valence-electron chi connectivity index (χ0n) is 10.9. The first-order chi connectivity index (χ1) is 9.58. The van der Waals surface area contributed by atoms with Crippen LogP contribution in [0.1, 0.15) is 12.5 Å². The Morgan fingerprint density at radius 2 is 1.90 bits per heavy atom. The van der Waals surface area contributed by atoms with E-state index in [2.05, 4.69) is 5.32 Å². The third-order valence-electron chi connectivity index (χ3n) is 2.63. The van der Waals surface area contributed by atoms with Gasteiger partial charge in [-0.3, -0.25) is 0 Å². The summed E-state index contributed by atoms with van der Waals surface area (Å²) >= 11 is 5.87. The molecule has 1 N–H and O–H groups in total. The minimum atomic E-state index is -0.450. The molecule has 0 bridgehead atoms. The van der Waals surface area contributed by atoms with Gasteiger partial charge in [0.2, 0.25) is 0 Å². The number of ether oxygens (including phenoxy) is 1. The first kappa shape index (κ1) is 14.8. The summed E-state index contributed by atoms with van der Waals surface area (Å²) in [5.74, 6) is -0.234. The Morgan fingerprint density at radius 1 is 1.10 bits per heavy atom. The van der Waals surface area contributed by atoms with E-state index in [4.69, 9.17) is 16.3 Å². The molecule has 2 aromatic rings. The number of rotatable bonds is 5. The molecule has 0 unspecified atom stereocenters. The average Bonchev–Trinajstić information content (AvgIpc) is 2.39. The standard InChI is InChI=1S/C15H14ClF2NO/c1-2-19-9-10-5-12(18)7-13(6-10)20-15-4-3-11(17)8-14(15)16/h3-8,19H,2,9H2,1H3. The van der Waals surface area contributed by atoms with Crippen molar-refractivity contribution < 1.29 is 13.5 Å². The van der Waals surface area contributed by atoms with Crippen molar-refractivity contribution in [3.8, 4) is 11.5 Å². The van der Waals surface area contributed by atoms with Crippen LogP contribution in [0.4, 0.5) is 8.78 Å². The molecule has 5 heteroatoms. The van der Waals surface area contributed by atoms with E-state index in [0.29, 0.717) is 12.3 Å². The predicted molar refractivity (Wildman–Crippen MR) is 75.3 cm³/mol. The van der Waals surface area contributed by atoms with E-state index in [1.165, 1.54) is 24.3 Å². The maximum atomic E-state index is 13.5. The Balaban J connectivity index is 2.21. The Kier molecular flexibility index (Phi) is 4.93. The quantitative estimate of drug-likeness (QED) is 0.876. The zero-order valence-corrected chi connectivity index (χ0v) is 11.7. The van der Waals surface area contributed by atoms with Crippen molar-refractivity contribution in [1.29, 1.82) is 0 Å². The van der Waals surface area contributed by atoms with Crippen LogP contribution >= 0.6 is 11.6 Å². The summed E-state index contributed by atoms with van der Waals surface area (Å²) in [5.41, 5.74) is 0.764. The highest BCUT2D eigenvalue weighted by Gasteiger charge is 2.07. The molecule has 106 valence electrons. The molecule has 20 heavy (non-hydrogen) atoms. The molecule has 0 atom stereocenters. The van der Waals surface area contributed by atoms with Crippen molar-refractivity contribution in [2.45, 2.75) is 13.5 Å². The Morgan fingerprint density at radius 3 is 2.60 bits per heavy atom. The molecule has 0 saturated carbocycles. The molecule has 0 aliphatic rings. The smallest absolute Gasteiger partial charge is 0.146 e. The molecule has 0 spiro atoms. The van der Waals surface area contributed by atoms with E-state index in [1.54, 1.807) is 6.07 Å². The summed E-state index contributed by atoms with van der Waals surface area (Å²) in [6.45, 7) is 3.30. The van der Waals surface area contributed by atoms with E-state index in [-0.39, 0.29) is 10.8 Å². The van der Waals surface area contributed by atoms with Crippen LogP contribution in [0.2, 0.25) is 5.02 Å². The topological polar surface area (TPSA) is 21.3 Å². The van der Waals surface area contributed by atoms with Gasteiger partial charge >= 0.3 is 0 Å². The van der Waals surface area contributed by atoms with Crippen LogP contribution in [-0.4, -0.2) is 6.54 Å². The van der Waals surface area contributed by atoms with Gasteiger partial charge in [-0.1, -0.05) is 18.5 Å². The molecule has 0 aliphatic heterocycles. The van der Waals surface area contributed by atoms with E-state index in [1.807, 2.05) is 6.92 Å². The first-order valence-electron chi connectivity index (χ1n) is 6.21. The lowest BCUT2D eigenvalue weighted by Crippen LogP contribution is -2.11. The van der Waals surface area contributed by atoms with Crippen molar-refractivity contribution in [3.63, 3.8) is 0 Å². The summed E-state index contributed by atoms with van der Waals surface area (Å²) in [6, 6.07) is 8.20. The van der Waals surface area contributed by atoms with Gasteiger partial charge in [0.1, 0.15) is 23.1 Å². The molecule has 0 heterocycles. The van der Waals surface area contributed by atoms with Crippen LogP contribution in [0.5, 0.6) is 11.5 Å². The van der Waals surface area contributed by atoms with E-state index >= 15 is 0 Å². The summed E-state index contributed by atoms with van der Waals surface area (Å²) in [4.78, 5) is 0. The van der Waals surface area contributed by atoms with Crippen LogP contribution < -0.4 is 10.1 Å². The van der Waals surface area contributed by atoms with Crippen LogP contribution in [0.15, 0.2) is 36.4 Å². The van der Waals surface area contributed by atoms with Crippen molar-refractivity contribution in [2.24, 2.45) is 0 Å². The second kappa shape index (κ2) is 6.68. The van der Waals surface area contributed by atoms with Gasteiger partial charge in [-0.05, 0) is 42.4 Å². The molecule has 0 aromatic heterocycles. The zero-order chi connectivity index (χ0) is 14.5. The lowest BCUT2D eigenvalue weighted by molar-refractivity contribution is 0.473. The fourth-order valence-electron chi connectivity index (χ4n) is 1.74. The van der Waals surface area contributed by atoms with E-state index in [9.17, 15) is 8.78 Å². The third kappa shape index (κ3) is 3.92. The van der Waals surface area contributed by atoms with Gasteiger partial charge in [0.25, 0.3) is 0 Å². The predicted octanol–water partition coefficient (Wildman–Crippen LogP) is 4.52. The molecule has 0 radical (unpaired) electrons. The Hall–Kier alpha value is -1.65. The van der Waals surface area contributed by atoms with Gasteiger partial charge in [0, 0.05) is 12.6 Å². The highest BCUT2D eigenvalue weighted by Crippen LogP contribution is 2.30. The minimum Gasteiger partial charge on any atom is -0.456 e. The lowest BCUT2D eigenvalue weighted by Gasteiger charge is -2.10. The number of benzene rings is 2. The summed E-state index contributed by atoms with van der Waals surface area (Å²) in [7, 11) is 0. The molecule has 2 rings (SSSR count). The fraction of sp³-hybridized carbons (Fsp3) is 0.200. The Labute approximate surface area is 121 Å². The van der Waals surface area contributed by atoms with Crippen LogP contribution in [0.25, 0.3) is 0 Å². The molecular weight excluding hydrogens is 284 g/mol. The van der Waals surface area contributed by atoms with Crippen LogP contribution in [0, 0.1) is 11.6 Å². The highest BCUT2D eigenvalue weighted by atomic mass is 35.5. The molecule has 2 aromatic carbocycles. The lowest BCUT2D eigenvalue weighted by atomic mass is 10.2. The monoisotopic (exact) mass is 297 g/mol. The van der Waals surface area contributed by atoms with Gasteiger partial charge in [-0.2, -0.15) is 0 Å². The van der Waals surface area contributed by atoms with Crippen LogP contribution in [-0.2, 0) is 6.54 Å². The summed E-state index contributed by atoms with van der Waals surface area (Å²) < 4.78 is 32.0. The Bertz CT molecular complexity index is 604. The average molecular weight is 298 g/mol. The van der Waals surface area contributed by atoms with Crippen LogP contribution in [0.3, 0.4) is 0 Å². The maximum absolute atomic E-state index is 13.5. The van der Waals surface area contributed by atoms with E-state index in [0.717, 1.165) is 18.2 Å². The second-order valence-electron chi connectivity index (χ2n) is 4.25. The number of hydrogen-bond acceptors (Lipinski definition) is 2. The number of halogens is 3. The van der Waals surface area contributed by atoms with Gasteiger partial charge in [0.15, 0.2) is 0 Å². The van der Waals surface area contributed by atoms with E-state index < -0.39 is 11.6 Å². The summed E-state index contributed by atoms with van der Waals surface area (Å²) in [5, 5.41) is 3.25. The molecule has 0 saturated heterocycles. The molecule has 0 amide bonds. The van der Waals surface area contributed by atoms with Gasteiger partial charge in [0.05, 0.1) is 5.02 Å². The summed E-state index contributed by atoms with van der Waals surface area (Å²) in [6.07, 6.45) is 0. The first-order valence-corrected chi connectivity index (χ1v) is 6.59. The molecule has 2 nitrogen and oxygen atoms in total. The van der Waals surface area contributed by atoms with Gasteiger partial charge in [-0.15, -0.1) is 0 Å². The van der Waals surface area contributed by atoms with Crippen molar-refractivity contribution in [2.75, 3.05) is 6.54 Å². The number of hydrogen-bond donors (Lipinski definition) is 1. The number of nitrogens with one attached hydrogen (secondary N) is 1. The molecule has 0 fully saturated rings. The molecular formula is C15H14ClF2NO.